The minimum atomic E-state index is -6.71. The maximum absolute atomic E-state index is 13.6. The van der Waals surface area contributed by atoms with Crippen LogP contribution < -0.4 is 0 Å². The summed E-state index contributed by atoms with van der Waals surface area (Å²) >= 11 is 0. The van der Waals surface area contributed by atoms with Crippen LogP contribution in [0.5, 0.6) is 0 Å². The number of carboxylic acids is 1. The van der Waals surface area contributed by atoms with Crippen LogP contribution in [-0.4, -0.2) is 72.2 Å². The fourth-order valence-corrected chi connectivity index (χ4v) is 5.58. The molecule has 0 aromatic carbocycles. The van der Waals surface area contributed by atoms with Gasteiger partial charge in [-0.2, -0.15) is 39.5 Å². The van der Waals surface area contributed by atoms with E-state index in [1.807, 2.05) is 0 Å². The Morgan fingerprint density at radius 1 is 0.811 bits per heavy atom. The molecule has 0 spiro atoms. The molecular formula is C20H19F9O8. The van der Waals surface area contributed by atoms with Gasteiger partial charge in [-0.1, -0.05) is 0 Å². The molecule has 4 aliphatic carbocycles. The number of carboxylic acid groups (broad SMARTS) is 1. The molecule has 210 valence electrons. The van der Waals surface area contributed by atoms with E-state index >= 15 is 0 Å². The summed E-state index contributed by atoms with van der Waals surface area (Å²) in [7, 11) is 0. The van der Waals surface area contributed by atoms with Crippen LogP contribution in [0, 0.1) is 23.2 Å². The third-order valence-corrected chi connectivity index (χ3v) is 6.89. The van der Waals surface area contributed by atoms with Gasteiger partial charge in [-0.05, 0) is 49.9 Å². The molecule has 4 rings (SSSR count). The second-order valence-corrected chi connectivity index (χ2v) is 9.50. The zero-order valence-corrected chi connectivity index (χ0v) is 18.5. The normalized spacial score (nSPS) is 29.5. The Kier molecular flexibility index (Phi) is 7.18. The highest BCUT2D eigenvalue weighted by atomic mass is 19.4. The van der Waals surface area contributed by atoms with Gasteiger partial charge in [0, 0.05) is 0 Å². The molecule has 2 unspecified atom stereocenters. The molecule has 4 fully saturated rings. The average Bonchev–Trinajstić information content (AvgIpc) is 2.76. The van der Waals surface area contributed by atoms with Crippen molar-refractivity contribution < 1.29 is 78.0 Å². The second kappa shape index (κ2) is 9.22. The first kappa shape index (κ1) is 28.8. The highest BCUT2D eigenvalue weighted by Gasteiger charge is 2.79. The number of esters is 3. The monoisotopic (exact) mass is 558 g/mol. The van der Waals surface area contributed by atoms with Gasteiger partial charge >= 0.3 is 47.8 Å². The number of hydrogen-bond donors (Lipinski definition) is 1. The maximum atomic E-state index is 13.6. The minimum absolute atomic E-state index is 0.0109. The first-order valence-electron chi connectivity index (χ1n) is 10.7. The van der Waals surface area contributed by atoms with Gasteiger partial charge in [0.15, 0.2) is 13.2 Å². The van der Waals surface area contributed by atoms with Crippen LogP contribution >= 0.6 is 0 Å². The van der Waals surface area contributed by atoms with Crippen molar-refractivity contribution >= 4 is 23.9 Å². The lowest BCUT2D eigenvalue weighted by molar-refractivity contribution is -0.299. The first-order chi connectivity index (χ1) is 16.7. The molecule has 4 aliphatic rings. The third-order valence-electron chi connectivity index (χ3n) is 6.89. The predicted molar refractivity (Wildman–Crippen MR) is 96.3 cm³/mol. The topological polar surface area (TPSA) is 116 Å². The van der Waals surface area contributed by atoms with Gasteiger partial charge < -0.3 is 19.3 Å². The van der Waals surface area contributed by atoms with Crippen LogP contribution in [0.3, 0.4) is 0 Å². The van der Waals surface area contributed by atoms with Crippen molar-refractivity contribution in [3.05, 3.63) is 0 Å². The Labute approximate surface area is 201 Å². The summed E-state index contributed by atoms with van der Waals surface area (Å²) in [5.74, 6) is -30.1. The Balaban J connectivity index is 1.60. The van der Waals surface area contributed by atoms with Crippen molar-refractivity contribution in [1.82, 2.24) is 0 Å². The van der Waals surface area contributed by atoms with Gasteiger partial charge in [0.1, 0.15) is 6.10 Å². The van der Waals surface area contributed by atoms with E-state index in [9.17, 15) is 58.7 Å². The molecule has 2 atom stereocenters. The molecule has 37 heavy (non-hydrogen) atoms. The van der Waals surface area contributed by atoms with Crippen LogP contribution in [0.1, 0.15) is 32.1 Å². The number of hydrogen-bond acceptors (Lipinski definition) is 7. The Hall–Kier alpha value is -2.75. The summed E-state index contributed by atoms with van der Waals surface area (Å²) < 4.78 is 131. The lowest BCUT2D eigenvalue weighted by Crippen LogP contribution is -2.61. The summed E-state index contributed by atoms with van der Waals surface area (Å²) in [6, 6.07) is 0. The smallest absolute Gasteiger partial charge is 0.422 e. The summed E-state index contributed by atoms with van der Waals surface area (Å²) in [5.41, 5.74) is -1.24. The highest BCUT2D eigenvalue weighted by Crippen LogP contribution is 2.61. The Morgan fingerprint density at radius 2 is 1.35 bits per heavy atom. The molecule has 8 nitrogen and oxygen atoms in total. The zero-order chi connectivity index (χ0) is 28.2. The largest absolute Gasteiger partial charge is 0.477 e. The van der Waals surface area contributed by atoms with Crippen molar-refractivity contribution in [2.24, 2.45) is 23.2 Å². The van der Waals surface area contributed by atoms with E-state index in [0.29, 0.717) is 12.8 Å². The van der Waals surface area contributed by atoms with Crippen molar-refractivity contribution in [2.75, 3.05) is 13.2 Å². The molecule has 0 amide bonds. The van der Waals surface area contributed by atoms with Gasteiger partial charge in [0.05, 0.1) is 5.41 Å². The SMILES string of the molecule is O=C(COC(=O)C(F)(F)C(F)(F)C(F)(F)C(=O)O)OC1C2CC3CC1CC(C(=O)OCC(F)(F)F)(C3)C2. The molecular weight excluding hydrogens is 539 g/mol. The van der Waals surface area contributed by atoms with Crippen LogP contribution in [0.15, 0.2) is 0 Å². The number of carbonyl (C=O) groups is 4. The molecule has 17 heteroatoms. The summed E-state index contributed by atoms with van der Waals surface area (Å²) in [6.07, 6.45) is -4.67. The number of aliphatic carboxylic acids is 1. The molecule has 0 aliphatic heterocycles. The van der Waals surface area contributed by atoms with Crippen LogP contribution in [0.2, 0.25) is 0 Å². The van der Waals surface area contributed by atoms with E-state index in [-0.39, 0.29) is 25.2 Å². The van der Waals surface area contributed by atoms with Gasteiger partial charge in [0.2, 0.25) is 0 Å². The molecule has 0 aromatic heterocycles. The van der Waals surface area contributed by atoms with Gasteiger partial charge in [-0.25, -0.2) is 14.4 Å². The van der Waals surface area contributed by atoms with Crippen LogP contribution in [-0.2, 0) is 33.4 Å². The van der Waals surface area contributed by atoms with E-state index < -0.39 is 84.4 Å². The van der Waals surface area contributed by atoms with E-state index in [0.717, 1.165) is 0 Å². The van der Waals surface area contributed by atoms with Crippen molar-refractivity contribution in [2.45, 2.75) is 62.2 Å². The number of alkyl halides is 9. The summed E-state index contributed by atoms with van der Waals surface area (Å²) in [5, 5.41) is 8.07. The van der Waals surface area contributed by atoms with Gasteiger partial charge in [-0.15, -0.1) is 0 Å². The zero-order valence-electron chi connectivity index (χ0n) is 18.5. The molecule has 0 saturated heterocycles. The lowest BCUT2D eigenvalue weighted by Gasteiger charge is -2.57. The molecule has 4 saturated carbocycles. The third kappa shape index (κ3) is 5.17. The van der Waals surface area contributed by atoms with Crippen molar-refractivity contribution in [3.63, 3.8) is 0 Å². The number of halogens is 9. The standard InChI is InChI=1S/C20H19F9O8/c21-17(22,23)7-36-14(33)16-3-8-1-9(4-16)12(10(2-8)5-16)37-11(30)6-35-15(34)19(26,27)20(28,29)18(24,25)13(31)32/h8-10,12H,1-7H2,(H,31,32). The Morgan fingerprint density at radius 3 is 1.84 bits per heavy atom. The summed E-state index contributed by atoms with van der Waals surface area (Å²) in [6.45, 7) is -3.49. The number of rotatable bonds is 9. The molecule has 0 radical (unpaired) electrons. The van der Waals surface area contributed by atoms with Crippen LogP contribution in [0.25, 0.3) is 0 Å². The fraction of sp³-hybridized carbons (Fsp3) is 0.800. The predicted octanol–water partition coefficient (Wildman–Crippen LogP) is 3.36. The molecule has 0 heterocycles. The average molecular weight is 558 g/mol. The lowest BCUT2D eigenvalue weighted by atomic mass is 9.48. The van der Waals surface area contributed by atoms with E-state index in [1.165, 1.54) is 0 Å². The second-order valence-electron chi connectivity index (χ2n) is 9.50. The first-order valence-corrected chi connectivity index (χ1v) is 10.7. The Bertz CT molecular complexity index is 948. The van der Waals surface area contributed by atoms with Gasteiger partial charge in [-0.3, -0.25) is 4.79 Å². The van der Waals surface area contributed by atoms with E-state index in [4.69, 9.17) is 9.84 Å². The molecule has 4 bridgehead atoms. The number of carbonyl (C=O) groups excluding carboxylic acids is 3. The quantitative estimate of drug-likeness (QED) is 0.260. The highest BCUT2D eigenvalue weighted by molar-refractivity contribution is 5.85. The van der Waals surface area contributed by atoms with E-state index in [1.54, 1.807) is 0 Å². The van der Waals surface area contributed by atoms with Crippen molar-refractivity contribution in [3.8, 4) is 0 Å². The van der Waals surface area contributed by atoms with Gasteiger partial charge in [0.25, 0.3) is 0 Å². The number of ether oxygens (including phenoxy) is 3. The molecule has 0 aromatic rings. The van der Waals surface area contributed by atoms with Crippen molar-refractivity contribution in [1.29, 1.82) is 0 Å². The van der Waals surface area contributed by atoms with Crippen LogP contribution in [0.4, 0.5) is 39.5 Å². The summed E-state index contributed by atoms with van der Waals surface area (Å²) in [4.78, 5) is 46.1. The van der Waals surface area contributed by atoms with E-state index in [2.05, 4.69) is 9.47 Å². The maximum Gasteiger partial charge on any atom is 0.422 e. The molecule has 1 N–H and O–H groups in total. The fourth-order valence-electron chi connectivity index (χ4n) is 5.58. The minimum Gasteiger partial charge on any atom is -0.477 e.